The number of hydrogen-bond donors (Lipinski definition) is 2. The van der Waals surface area contributed by atoms with Gasteiger partial charge in [-0.2, -0.15) is 0 Å². The summed E-state index contributed by atoms with van der Waals surface area (Å²) in [6.45, 7) is 7.85. The highest BCUT2D eigenvalue weighted by molar-refractivity contribution is 8.14. The van der Waals surface area contributed by atoms with Crippen LogP contribution in [0.25, 0.3) is 0 Å². The van der Waals surface area contributed by atoms with E-state index in [0.29, 0.717) is 0 Å². The number of thioether (sulfide) groups is 1. The number of amides is 1. The Morgan fingerprint density at radius 3 is 2.50 bits per heavy atom. The molecule has 4 nitrogen and oxygen atoms in total. The third kappa shape index (κ3) is 2.70. The lowest BCUT2D eigenvalue weighted by atomic mass is 9.97. The zero-order valence-corrected chi connectivity index (χ0v) is 11.3. The lowest BCUT2D eigenvalue weighted by Gasteiger charge is -2.23. The van der Waals surface area contributed by atoms with E-state index >= 15 is 0 Å². The SMILES string of the molecule is CCC1(CC)CSC(NC(C)(C)C(N)=O)=N1. The van der Waals surface area contributed by atoms with Crippen LogP contribution in [0, 0.1) is 0 Å². The molecular formula is C11H21N3OS. The minimum atomic E-state index is -0.733. The molecule has 1 heterocycles. The number of nitrogens with one attached hydrogen (secondary N) is 1. The molecule has 0 radical (unpaired) electrons. The summed E-state index contributed by atoms with van der Waals surface area (Å²) in [6, 6.07) is 0. The Kier molecular flexibility index (Phi) is 3.88. The van der Waals surface area contributed by atoms with E-state index in [1.807, 2.05) is 0 Å². The van der Waals surface area contributed by atoms with Crippen LogP contribution in [0.5, 0.6) is 0 Å². The summed E-state index contributed by atoms with van der Waals surface area (Å²) in [4.78, 5) is 15.9. The number of carbonyl (C=O) groups is 1. The first-order valence-corrected chi connectivity index (χ1v) is 6.64. The van der Waals surface area contributed by atoms with Crippen molar-refractivity contribution in [1.82, 2.24) is 5.32 Å². The lowest BCUT2D eigenvalue weighted by Crippen LogP contribution is -2.52. The largest absolute Gasteiger partial charge is 0.368 e. The van der Waals surface area contributed by atoms with Crippen LogP contribution in [0.2, 0.25) is 0 Å². The normalized spacial score (nSPS) is 19.4. The van der Waals surface area contributed by atoms with Crippen LogP contribution < -0.4 is 11.1 Å². The summed E-state index contributed by atoms with van der Waals surface area (Å²) in [5.41, 5.74) is 4.62. The molecular weight excluding hydrogens is 222 g/mol. The fraction of sp³-hybridized carbons (Fsp3) is 0.818. The first-order chi connectivity index (χ1) is 7.35. The first kappa shape index (κ1) is 13.4. The van der Waals surface area contributed by atoms with Gasteiger partial charge in [-0.3, -0.25) is 9.79 Å². The number of primary amides is 1. The van der Waals surface area contributed by atoms with E-state index in [0.717, 1.165) is 23.8 Å². The second-order valence-electron chi connectivity index (χ2n) is 4.75. The third-order valence-corrected chi connectivity index (χ3v) is 4.32. The van der Waals surface area contributed by atoms with E-state index in [9.17, 15) is 4.79 Å². The second-order valence-corrected chi connectivity index (χ2v) is 5.72. The molecule has 0 spiro atoms. The van der Waals surface area contributed by atoms with Crippen molar-refractivity contribution in [3.8, 4) is 0 Å². The zero-order valence-electron chi connectivity index (χ0n) is 10.5. The van der Waals surface area contributed by atoms with Crippen molar-refractivity contribution in [3.63, 3.8) is 0 Å². The number of carbonyl (C=O) groups excluding carboxylic acids is 1. The maximum atomic E-state index is 11.2. The molecule has 0 fully saturated rings. The van der Waals surface area contributed by atoms with Gasteiger partial charge < -0.3 is 11.1 Å². The Labute approximate surface area is 101 Å². The van der Waals surface area contributed by atoms with E-state index in [-0.39, 0.29) is 11.4 Å². The monoisotopic (exact) mass is 243 g/mol. The Hall–Kier alpha value is -0.710. The molecule has 0 aromatic heterocycles. The van der Waals surface area contributed by atoms with Crippen LogP contribution in [-0.2, 0) is 4.79 Å². The van der Waals surface area contributed by atoms with Crippen molar-refractivity contribution in [2.24, 2.45) is 10.7 Å². The molecule has 0 atom stereocenters. The van der Waals surface area contributed by atoms with Gasteiger partial charge in [-0.15, -0.1) is 0 Å². The molecule has 1 amide bonds. The number of amidine groups is 1. The molecule has 1 rings (SSSR count). The van der Waals surface area contributed by atoms with Crippen LogP contribution >= 0.6 is 11.8 Å². The average Bonchev–Trinajstić information content (AvgIpc) is 2.61. The Balaban J connectivity index is 2.75. The van der Waals surface area contributed by atoms with Crippen molar-refractivity contribution in [2.75, 3.05) is 5.75 Å². The quantitative estimate of drug-likeness (QED) is 0.786. The van der Waals surface area contributed by atoms with Gasteiger partial charge in [-0.1, -0.05) is 25.6 Å². The summed E-state index contributed by atoms with van der Waals surface area (Å²) in [6.07, 6.45) is 2.05. The molecule has 92 valence electrons. The number of aliphatic imine (C=N–C) groups is 1. The molecule has 0 saturated carbocycles. The number of hydrogen-bond acceptors (Lipinski definition) is 4. The van der Waals surface area contributed by atoms with Gasteiger partial charge in [0.1, 0.15) is 5.54 Å². The van der Waals surface area contributed by atoms with Crippen molar-refractivity contribution < 1.29 is 4.79 Å². The molecule has 0 aliphatic carbocycles. The van der Waals surface area contributed by atoms with Gasteiger partial charge in [-0.25, -0.2) is 0 Å². The molecule has 0 aromatic carbocycles. The highest BCUT2D eigenvalue weighted by Crippen LogP contribution is 2.33. The predicted molar refractivity (Wildman–Crippen MR) is 69.6 cm³/mol. The van der Waals surface area contributed by atoms with Gasteiger partial charge in [0.25, 0.3) is 0 Å². The Morgan fingerprint density at radius 2 is 2.12 bits per heavy atom. The van der Waals surface area contributed by atoms with Crippen LogP contribution in [0.15, 0.2) is 4.99 Å². The van der Waals surface area contributed by atoms with E-state index in [4.69, 9.17) is 5.73 Å². The molecule has 16 heavy (non-hydrogen) atoms. The van der Waals surface area contributed by atoms with Crippen molar-refractivity contribution >= 4 is 22.8 Å². The maximum absolute atomic E-state index is 11.2. The fourth-order valence-corrected chi connectivity index (χ4v) is 2.95. The van der Waals surface area contributed by atoms with E-state index in [1.165, 1.54) is 0 Å². The summed E-state index contributed by atoms with van der Waals surface area (Å²) in [5.74, 6) is 0.623. The zero-order chi connectivity index (χ0) is 12.4. The molecule has 1 aliphatic rings. The van der Waals surface area contributed by atoms with Crippen molar-refractivity contribution in [2.45, 2.75) is 51.6 Å². The highest BCUT2D eigenvalue weighted by atomic mass is 32.2. The van der Waals surface area contributed by atoms with Crippen LogP contribution in [0.1, 0.15) is 40.5 Å². The van der Waals surface area contributed by atoms with E-state index < -0.39 is 5.54 Å². The van der Waals surface area contributed by atoms with Crippen LogP contribution in [0.4, 0.5) is 0 Å². The topological polar surface area (TPSA) is 67.5 Å². The minimum Gasteiger partial charge on any atom is -0.368 e. The van der Waals surface area contributed by atoms with Gasteiger partial charge in [-0.05, 0) is 26.7 Å². The second kappa shape index (κ2) is 4.65. The van der Waals surface area contributed by atoms with E-state index in [2.05, 4.69) is 24.2 Å². The lowest BCUT2D eigenvalue weighted by molar-refractivity contribution is -0.122. The van der Waals surface area contributed by atoms with Gasteiger partial charge >= 0.3 is 0 Å². The molecule has 1 aliphatic heterocycles. The number of rotatable bonds is 4. The van der Waals surface area contributed by atoms with Gasteiger partial charge in [0.15, 0.2) is 5.17 Å². The summed E-state index contributed by atoms with van der Waals surface area (Å²) in [5, 5.41) is 3.96. The molecule has 5 heteroatoms. The molecule has 0 aromatic rings. The summed E-state index contributed by atoms with van der Waals surface area (Å²) >= 11 is 1.67. The van der Waals surface area contributed by atoms with Crippen molar-refractivity contribution in [1.29, 1.82) is 0 Å². The summed E-state index contributed by atoms with van der Waals surface area (Å²) < 4.78 is 0. The van der Waals surface area contributed by atoms with E-state index in [1.54, 1.807) is 25.6 Å². The number of nitrogens with zero attached hydrogens (tertiary/aromatic N) is 1. The molecule has 0 bridgehead atoms. The Bertz CT molecular complexity index is 308. The summed E-state index contributed by atoms with van der Waals surface area (Å²) in [7, 11) is 0. The van der Waals surface area contributed by atoms with Crippen molar-refractivity contribution in [3.05, 3.63) is 0 Å². The molecule has 0 saturated heterocycles. The van der Waals surface area contributed by atoms with Gasteiger partial charge in [0, 0.05) is 5.75 Å². The first-order valence-electron chi connectivity index (χ1n) is 5.66. The van der Waals surface area contributed by atoms with Gasteiger partial charge in [0.05, 0.1) is 5.54 Å². The Morgan fingerprint density at radius 1 is 1.56 bits per heavy atom. The molecule has 0 unspecified atom stereocenters. The highest BCUT2D eigenvalue weighted by Gasteiger charge is 2.35. The van der Waals surface area contributed by atoms with Crippen LogP contribution in [-0.4, -0.2) is 27.9 Å². The van der Waals surface area contributed by atoms with Crippen LogP contribution in [0.3, 0.4) is 0 Å². The minimum absolute atomic E-state index is 0.0424. The maximum Gasteiger partial charge on any atom is 0.242 e. The number of nitrogens with two attached hydrogens (primary N) is 1. The average molecular weight is 243 g/mol. The van der Waals surface area contributed by atoms with Gasteiger partial charge in [0.2, 0.25) is 5.91 Å². The molecule has 3 N–H and O–H groups in total. The smallest absolute Gasteiger partial charge is 0.242 e. The third-order valence-electron chi connectivity index (χ3n) is 3.17. The predicted octanol–water partition coefficient (Wildman–Crippen LogP) is 1.50. The fourth-order valence-electron chi connectivity index (χ4n) is 1.49. The standard InChI is InChI=1S/C11H21N3OS/c1-5-11(6-2)7-16-9(14-11)13-10(3,4)8(12)15/h5-7H2,1-4H3,(H2,12,15)(H,13,14).